The second-order valence-corrected chi connectivity index (χ2v) is 30.4. The lowest BCUT2D eigenvalue weighted by molar-refractivity contribution is 0.591. The Balaban J connectivity index is 1.47. The highest BCUT2D eigenvalue weighted by Gasteiger charge is 2.21. The van der Waals surface area contributed by atoms with Gasteiger partial charge in [0.15, 0.2) is 0 Å². The van der Waals surface area contributed by atoms with Gasteiger partial charge in [0.05, 0.1) is 64.6 Å². The maximum absolute atomic E-state index is 3.79. The summed E-state index contributed by atoms with van der Waals surface area (Å²) in [5, 5.41) is 16.5. The summed E-state index contributed by atoms with van der Waals surface area (Å²) < 4.78 is 0. The molecule has 0 aromatic heterocycles. The fourth-order valence-corrected chi connectivity index (χ4v) is 11.5. The molecule has 0 radical (unpaired) electrons. The molecule has 13 aromatic carbocycles. The highest BCUT2D eigenvalue weighted by atomic mass is 14.2. The van der Waals surface area contributed by atoms with Crippen LogP contribution in [-0.2, 0) is 32.5 Å². The molecule has 0 aliphatic carbocycles. The number of hydrogen-bond donors (Lipinski definition) is 0. The predicted molar refractivity (Wildman–Crippen MR) is 374 cm³/mol. The molecule has 0 N–H and O–H groups in total. The first-order valence-electron chi connectivity index (χ1n) is 30.9. The zero-order chi connectivity index (χ0) is 63.8. The predicted octanol–water partition coefficient (Wildman–Crippen LogP) is 21.9. The molecule has 13 rings (SSSR count). The molecular formula is C90H66. The maximum atomic E-state index is 3.79. The van der Waals surface area contributed by atoms with Crippen LogP contribution in [0.3, 0.4) is 0 Å². The van der Waals surface area contributed by atoms with Crippen molar-refractivity contribution in [2.24, 2.45) is 0 Å². The lowest BCUT2D eigenvalue weighted by Crippen LogP contribution is -2.10. The fourth-order valence-electron chi connectivity index (χ4n) is 11.5. The summed E-state index contributed by atoms with van der Waals surface area (Å²) in [5.41, 5.74) is 4.74. The van der Waals surface area contributed by atoms with E-state index < -0.39 is 0 Å². The van der Waals surface area contributed by atoms with Gasteiger partial charge in [0.2, 0.25) is 0 Å². The van der Waals surface area contributed by atoms with Crippen LogP contribution in [0.15, 0.2) is 72.8 Å². The highest BCUT2D eigenvalue weighted by molar-refractivity contribution is 6.23. The van der Waals surface area contributed by atoms with E-state index >= 15 is 0 Å². The van der Waals surface area contributed by atoms with E-state index in [1.165, 1.54) is 0 Å². The topological polar surface area (TPSA) is 0 Å². The Morgan fingerprint density at radius 3 is 0.311 bits per heavy atom. The van der Waals surface area contributed by atoms with E-state index in [2.05, 4.69) is 343 Å². The van der Waals surface area contributed by atoms with Crippen molar-refractivity contribution in [3.63, 3.8) is 0 Å². The van der Waals surface area contributed by atoms with Gasteiger partial charge in [0, 0.05) is 64.6 Å². The van der Waals surface area contributed by atoms with E-state index in [0.717, 1.165) is 98.0 Å². The van der Waals surface area contributed by atoms with Gasteiger partial charge in [0.25, 0.3) is 0 Å². The number of hydrogen-bond acceptors (Lipinski definition) is 0. The quantitative estimate of drug-likeness (QED) is 0.142. The molecule has 12 bridgehead atoms. The number of rotatable bonds is 0. The van der Waals surface area contributed by atoms with Gasteiger partial charge < -0.3 is 0 Å². The van der Waals surface area contributed by atoms with E-state index in [-0.39, 0.29) is 32.5 Å². The number of benzene rings is 7. The minimum Gasteiger partial charge on any atom is -0.0602 e. The van der Waals surface area contributed by atoms with Gasteiger partial charge in [0.1, 0.15) is 0 Å². The van der Waals surface area contributed by atoms with Crippen molar-refractivity contribution in [2.45, 2.75) is 157 Å². The molecule has 0 saturated heterocycles. The van der Waals surface area contributed by atoms with Crippen molar-refractivity contribution in [3.8, 4) is 0 Å². The average Bonchev–Trinajstić information content (AvgIpc) is 0.843. The molecule has 0 aliphatic heterocycles. The van der Waals surface area contributed by atoms with E-state index in [0.29, 0.717) is 64.6 Å². The van der Waals surface area contributed by atoms with Crippen molar-refractivity contribution >= 4 is 129 Å². The minimum absolute atomic E-state index is 0.285. The first kappa shape index (κ1) is 58.3. The Morgan fingerprint density at radius 2 is 0.222 bits per heavy atom. The fraction of sp³-hybridized carbons (Fsp3) is 0.267. The van der Waals surface area contributed by atoms with Crippen LogP contribution in [0.25, 0.3) is 129 Å². The summed E-state index contributed by atoms with van der Waals surface area (Å²) in [6.45, 7) is 40.0. The molecule has 0 amide bonds. The van der Waals surface area contributed by atoms with Gasteiger partial charge in [-0.05, 0) is 139 Å². The summed E-state index contributed by atoms with van der Waals surface area (Å²) in [6, 6.07) is 116. The maximum Gasteiger partial charge on any atom is 0.0588 e. The van der Waals surface area contributed by atoms with Crippen molar-refractivity contribution in [2.75, 3.05) is 0 Å². The lowest BCUT2D eigenvalue weighted by Gasteiger charge is -2.19. The average molecular weight is 1150 g/mol. The second-order valence-electron chi connectivity index (χ2n) is 30.4. The third-order valence-electron chi connectivity index (χ3n) is 17.4. The molecule has 0 fully saturated rings. The Kier molecular flexibility index (Phi) is 13.2. The summed E-state index contributed by atoms with van der Waals surface area (Å²) >= 11 is 0. The standard InChI is InChI=1S/C90H66/c1-85(2,3)67-43-55-19-21-57-45-68(86(4,5)6)47-59-23-25-61-49-70(88(10,11)12)51-63-27-29-65-53-72(90(16,17)18)54-66-30-28-64-52-71(89(13,14)15)50-62-26-24-60-48-69(87(7,8)9)46-58-22-20-56(44-67)73(55)31-37-79-80(38-32-74(57)59)82(40-34-76(61)63)84(42-36-78(65)66)83(41-35-77(62)64)81(79)39-33-75(58)60/h43-54H,1-18H3. The minimum atomic E-state index is -0.285. The summed E-state index contributed by atoms with van der Waals surface area (Å²) in [5.74, 6) is 0. The first-order valence-corrected chi connectivity index (χ1v) is 30.9. The van der Waals surface area contributed by atoms with Crippen LogP contribution in [0.5, 0.6) is 0 Å². The monoisotopic (exact) mass is 1150 g/mol. The summed E-state index contributed by atoms with van der Waals surface area (Å²) in [7, 11) is 0. The van der Waals surface area contributed by atoms with Crippen LogP contribution in [0.1, 0.15) is 158 Å². The van der Waals surface area contributed by atoms with Crippen LogP contribution in [0, 0.1) is 146 Å². The van der Waals surface area contributed by atoms with Crippen LogP contribution >= 0.6 is 0 Å². The van der Waals surface area contributed by atoms with Crippen molar-refractivity contribution < 1.29 is 0 Å². The smallest absolute Gasteiger partial charge is 0.0588 e. The molecule has 0 unspecified atom stereocenters. The van der Waals surface area contributed by atoms with E-state index in [9.17, 15) is 0 Å². The van der Waals surface area contributed by atoms with Crippen LogP contribution in [0.4, 0.5) is 0 Å². The van der Waals surface area contributed by atoms with Crippen LogP contribution < -0.4 is 0 Å². The van der Waals surface area contributed by atoms with Gasteiger partial charge in [-0.15, -0.1) is 0 Å². The molecule has 0 atom stereocenters. The second kappa shape index (κ2) is 20.4. The van der Waals surface area contributed by atoms with Crippen LogP contribution in [-0.4, -0.2) is 0 Å². The Morgan fingerprint density at radius 1 is 0.133 bits per heavy atom. The zero-order valence-corrected chi connectivity index (χ0v) is 54.9. The van der Waals surface area contributed by atoms with Crippen molar-refractivity contribution in [3.05, 3.63) is 252 Å². The molecular weight excluding hydrogens is 1080 g/mol. The third kappa shape index (κ3) is 10.7. The molecule has 0 heteroatoms. The molecule has 0 spiro atoms. The van der Waals surface area contributed by atoms with E-state index in [1.807, 2.05) is 0 Å². The Hall–Kier alpha value is -10.7. The largest absolute Gasteiger partial charge is 0.0602 e. The van der Waals surface area contributed by atoms with Gasteiger partial charge in [-0.1, -0.05) is 270 Å². The van der Waals surface area contributed by atoms with Crippen LogP contribution in [0.2, 0.25) is 0 Å². The summed E-state index contributed by atoms with van der Waals surface area (Å²) in [4.78, 5) is 0. The molecule has 0 saturated carbocycles. The van der Waals surface area contributed by atoms with E-state index in [1.54, 1.807) is 0 Å². The SMILES string of the molecule is CC(C)(C)c1cc2c#cc3cc(C(C)(C)C)cc4c#cc5cc(C(C)(C)C)cc6c#cc7cc(C(C)(C)C)cc8c#cc9cc(C(C)(C)C)cc%10c#cc%11cc(C(C)(C)C)cc%12c#cc(c1)c2c#cc1c(c#cc34)c(c#cc56)c(c#cc78)c(c#cc%109)c1c#cc%12%11. The van der Waals surface area contributed by atoms with Gasteiger partial charge in [-0.2, -0.15) is 0 Å². The summed E-state index contributed by atoms with van der Waals surface area (Å²) in [6.07, 6.45) is 0. The van der Waals surface area contributed by atoms with Gasteiger partial charge in [-0.25, -0.2) is 0 Å². The molecule has 0 heterocycles. The molecule has 426 valence electrons. The Labute approximate surface area is 534 Å². The normalized spacial score (nSPS) is 11.9. The molecule has 90 heavy (non-hydrogen) atoms. The lowest BCUT2D eigenvalue weighted by atomic mass is 9.85. The van der Waals surface area contributed by atoms with E-state index in [4.69, 9.17) is 0 Å². The van der Waals surface area contributed by atoms with Crippen molar-refractivity contribution in [1.29, 1.82) is 0 Å². The third-order valence-corrected chi connectivity index (χ3v) is 17.4. The first-order chi connectivity index (χ1) is 42.3. The van der Waals surface area contributed by atoms with Gasteiger partial charge >= 0.3 is 0 Å². The van der Waals surface area contributed by atoms with Gasteiger partial charge in [-0.3, -0.25) is 0 Å². The molecule has 0 aliphatic rings. The molecule has 13 aromatic rings. The Bertz CT molecular complexity index is 4280. The molecule has 0 nitrogen and oxygen atoms in total. The highest BCUT2D eigenvalue weighted by Crippen LogP contribution is 2.37. The zero-order valence-electron chi connectivity index (χ0n) is 54.9. The van der Waals surface area contributed by atoms with Crippen molar-refractivity contribution in [1.82, 2.24) is 0 Å².